The summed E-state index contributed by atoms with van der Waals surface area (Å²) >= 11 is 0. The number of hydrogen-bond acceptors (Lipinski definition) is 2. The second-order valence-corrected chi connectivity index (χ2v) is 3.83. The number of carbonyl (C=O) groups excluding carboxylic acids is 1. The molecule has 3 N–H and O–H groups in total. The van der Waals surface area contributed by atoms with Gasteiger partial charge in [0, 0.05) is 18.0 Å². The highest BCUT2D eigenvalue weighted by molar-refractivity contribution is 5.77. The van der Waals surface area contributed by atoms with Crippen LogP contribution in [0.25, 0.3) is 0 Å². The summed E-state index contributed by atoms with van der Waals surface area (Å²) in [5.41, 5.74) is 5.58. The highest BCUT2D eigenvalue weighted by Gasteiger charge is 2.28. The molecular formula is C8H16N2O. The van der Waals surface area contributed by atoms with E-state index in [0.717, 1.165) is 12.8 Å². The summed E-state index contributed by atoms with van der Waals surface area (Å²) in [5, 5.41) is 2.89. The smallest absolute Gasteiger partial charge is 0.220 e. The molecule has 1 aliphatic heterocycles. The van der Waals surface area contributed by atoms with E-state index in [1.165, 1.54) is 0 Å². The standard InChI is InChI=1S/C8H16N2O/c1-8(2,9)6-4-3-5-7(11)10-6/h6H,3-5,9H2,1-2H3,(H,10,11). The lowest BCUT2D eigenvalue weighted by Crippen LogP contribution is -2.56. The summed E-state index contributed by atoms with van der Waals surface area (Å²) in [5.74, 6) is 0.139. The minimum absolute atomic E-state index is 0.139. The quantitative estimate of drug-likeness (QED) is 0.577. The lowest BCUT2D eigenvalue weighted by atomic mass is 9.89. The summed E-state index contributed by atoms with van der Waals surface area (Å²) in [7, 11) is 0. The van der Waals surface area contributed by atoms with E-state index in [9.17, 15) is 4.79 Å². The van der Waals surface area contributed by atoms with Gasteiger partial charge in [0.05, 0.1) is 0 Å². The van der Waals surface area contributed by atoms with Crippen molar-refractivity contribution in [2.75, 3.05) is 0 Å². The number of piperidine rings is 1. The first-order valence-corrected chi connectivity index (χ1v) is 4.08. The zero-order valence-corrected chi connectivity index (χ0v) is 7.18. The summed E-state index contributed by atoms with van der Waals surface area (Å²) < 4.78 is 0. The number of amides is 1. The van der Waals surface area contributed by atoms with Crippen LogP contribution < -0.4 is 11.1 Å². The van der Waals surface area contributed by atoms with Crippen molar-refractivity contribution in [2.24, 2.45) is 5.73 Å². The maximum atomic E-state index is 11.0. The number of nitrogens with one attached hydrogen (secondary N) is 1. The molecule has 1 unspecified atom stereocenters. The third-order valence-electron chi connectivity index (χ3n) is 2.13. The van der Waals surface area contributed by atoms with Gasteiger partial charge in [-0.2, -0.15) is 0 Å². The topological polar surface area (TPSA) is 55.1 Å². The maximum absolute atomic E-state index is 11.0. The van der Waals surface area contributed by atoms with Gasteiger partial charge in [-0.1, -0.05) is 0 Å². The Labute approximate surface area is 67.3 Å². The normalized spacial score (nSPS) is 26.5. The Kier molecular flexibility index (Phi) is 2.18. The van der Waals surface area contributed by atoms with Crippen LogP contribution in [0.4, 0.5) is 0 Å². The average molecular weight is 156 g/mol. The minimum atomic E-state index is -0.282. The van der Waals surface area contributed by atoms with Crippen LogP contribution in [0, 0.1) is 0 Å². The molecule has 0 saturated carbocycles. The van der Waals surface area contributed by atoms with Gasteiger partial charge in [0.25, 0.3) is 0 Å². The Balaban J connectivity index is 2.53. The van der Waals surface area contributed by atoms with Crippen LogP contribution in [0.2, 0.25) is 0 Å². The third kappa shape index (κ3) is 2.19. The molecule has 3 nitrogen and oxygen atoms in total. The summed E-state index contributed by atoms with van der Waals surface area (Å²) in [6.07, 6.45) is 2.64. The molecular weight excluding hydrogens is 140 g/mol. The Morgan fingerprint density at radius 3 is 2.64 bits per heavy atom. The number of carbonyl (C=O) groups is 1. The molecule has 1 amide bonds. The van der Waals surface area contributed by atoms with Crippen molar-refractivity contribution in [2.45, 2.75) is 44.7 Å². The molecule has 64 valence electrons. The molecule has 0 aromatic carbocycles. The van der Waals surface area contributed by atoms with Crippen molar-refractivity contribution in [3.63, 3.8) is 0 Å². The van der Waals surface area contributed by atoms with Gasteiger partial charge in [-0.05, 0) is 26.7 Å². The molecule has 1 aliphatic rings. The average Bonchev–Trinajstić information content (AvgIpc) is 1.86. The Morgan fingerprint density at radius 2 is 2.27 bits per heavy atom. The van der Waals surface area contributed by atoms with E-state index in [4.69, 9.17) is 5.73 Å². The Morgan fingerprint density at radius 1 is 1.64 bits per heavy atom. The summed E-state index contributed by atoms with van der Waals surface area (Å²) in [6, 6.07) is 0.156. The van der Waals surface area contributed by atoms with E-state index in [-0.39, 0.29) is 17.5 Å². The van der Waals surface area contributed by atoms with Gasteiger partial charge in [0.2, 0.25) is 5.91 Å². The van der Waals surface area contributed by atoms with Crippen LogP contribution in [-0.2, 0) is 4.79 Å². The molecule has 0 aromatic rings. The van der Waals surface area contributed by atoms with Crippen molar-refractivity contribution in [1.29, 1.82) is 0 Å². The van der Waals surface area contributed by atoms with Crippen molar-refractivity contribution >= 4 is 5.91 Å². The molecule has 0 radical (unpaired) electrons. The SMILES string of the molecule is CC(C)(N)C1CCCC(=O)N1. The molecule has 0 aliphatic carbocycles. The van der Waals surface area contributed by atoms with E-state index >= 15 is 0 Å². The minimum Gasteiger partial charge on any atom is -0.352 e. The number of nitrogens with two attached hydrogens (primary N) is 1. The van der Waals surface area contributed by atoms with Crippen LogP contribution in [0.5, 0.6) is 0 Å². The third-order valence-corrected chi connectivity index (χ3v) is 2.13. The molecule has 1 heterocycles. The van der Waals surface area contributed by atoms with Crippen LogP contribution in [0.15, 0.2) is 0 Å². The van der Waals surface area contributed by atoms with Crippen LogP contribution >= 0.6 is 0 Å². The largest absolute Gasteiger partial charge is 0.352 e. The highest BCUT2D eigenvalue weighted by atomic mass is 16.1. The number of hydrogen-bond donors (Lipinski definition) is 2. The fourth-order valence-corrected chi connectivity index (χ4v) is 1.36. The predicted molar refractivity (Wildman–Crippen MR) is 44.0 cm³/mol. The zero-order chi connectivity index (χ0) is 8.48. The van der Waals surface area contributed by atoms with Gasteiger partial charge in [-0.3, -0.25) is 4.79 Å². The second kappa shape index (κ2) is 2.81. The van der Waals surface area contributed by atoms with E-state index in [1.54, 1.807) is 0 Å². The molecule has 1 saturated heterocycles. The van der Waals surface area contributed by atoms with Crippen molar-refractivity contribution in [3.05, 3.63) is 0 Å². The molecule has 0 aromatic heterocycles. The first-order chi connectivity index (χ1) is 5.00. The molecule has 1 fully saturated rings. The number of rotatable bonds is 1. The van der Waals surface area contributed by atoms with Gasteiger partial charge in [-0.25, -0.2) is 0 Å². The molecule has 0 bridgehead atoms. The first kappa shape index (κ1) is 8.53. The van der Waals surface area contributed by atoms with E-state index in [2.05, 4.69) is 5.32 Å². The lowest BCUT2D eigenvalue weighted by molar-refractivity contribution is -0.123. The van der Waals surface area contributed by atoms with Crippen LogP contribution in [-0.4, -0.2) is 17.5 Å². The predicted octanol–water partition coefficient (Wildman–Crippen LogP) is 0.392. The van der Waals surface area contributed by atoms with E-state index in [0.29, 0.717) is 6.42 Å². The summed E-state index contributed by atoms with van der Waals surface area (Å²) in [6.45, 7) is 3.90. The van der Waals surface area contributed by atoms with E-state index < -0.39 is 0 Å². The Hall–Kier alpha value is -0.570. The van der Waals surface area contributed by atoms with Gasteiger partial charge in [0.1, 0.15) is 0 Å². The molecule has 1 atom stereocenters. The molecule has 3 heteroatoms. The summed E-state index contributed by atoms with van der Waals surface area (Å²) in [4.78, 5) is 11.0. The highest BCUT2D eigenvalue weighted by Crippen LogP contribution is 2.16. The molecule has 1 rings (SSSR count). The van der Waals surface area contributed by atoms with Crippen LogP contribution in [0.3, 0.4) is 0 Å². The van der Waals surface area contributed by atoms with Gasteiger partial charge >= 0.3 is 0 Å². The Bertz CT molecular complexity index is 160. The van der Waals surface area contributed by atoms with Crippen molar-refractivity contribution in [1.82, 2.24) is 5.32 Å². The van der Waals surface area contributed by atoms with Gasteiger partial charge in [0.15, 0.2) is 0 Å². The lowest BCUT2D eigenvalue weighted by Gasteiger charge is -2.34. The second-order valence-electron chi connectivity index (χ2n) is 3.83. The van der Waals surface area contributed by atoms with Crippen molar-refractivity contribution < 1.29 is 4.79 Å². The van der Waals surface area contributed by atoms with Crippen LogP contribution in [0.1, 0.15) is 33.1 Å². The molecule has 11 heavy (non-hydrogen) atoms. The monoisotopic (exact) mass is 156 g/mol. The molecule has 0 spiro atoms. The zero-order valence-electron chi connectivity index (χ0n) is 7.18. The fourth-order valence-electron chi connectivity index (χ4n) is 1.36. The van der Waals surface area contributed by atoms with Gasteiger partial charge < -0.3 is 11.1 Å². The maximum Gasteiger partial charge on any atom is 0.220 e. The van der Waals surface area contributed by atoms with Gasteiger partial charge in [-0.15, -0.1) is 0 Å². The van der Waals surface area contributed by atoms with Crippen molar-refractivity contribution in [3.8, 4) is 0 Å². The first-order valence-electron chi connectivity index (χ1n) is 4.08. The van der Waals surface area contributed by atoms with E-state index in [1.807, 2.05) is 13.8 Å². The fraction of sp³-hybridized carbons (Fsp3) is 0.875.